The Hall–Kier alpha value is -3.89. The molecular formula is C32H38FN7O2. The van der Waals surface area contributed by atoms with Crippen molar-refractivity contribution < 1.29 is 14.6 Å². The molecule has 10 heteroatoms. The predicted octanol–water partition coefficient (Wildman–Crippen LogP) is 5.21. The Morgan fingerprint density at radius 2 is 1.83 bits per heavy atom. The monoisotopic (exact) mass is 571 g/mol. The molecule has 3 N–H and O–H groups in total. The first kappa shape index (κ1) is 28.2. The molecule has 0 saturated carbocycles. The van der Waals surface area contributed by atoms with Crippen LogP contribution in [0.2, 0.25) is 0 Å². The molecule has 2 aliphatic rings. The average Bonchev–Trinajstić information content (AvgIpc) is 2.96. The van der Waals surface area contributed by atoms with Crippen LogP contribution < -0.4 is 15.1 Å². The summed E-state index contributed by atoms with van der Waals surface area (Å²) in [5.74, 6) is 2.82. The van der Waals surface area contributed by atoms with Crippen LogP contribution in [-0.4, -0.2) is 73.2 Å². The third kappa shape index (κ3) is 4.92. The second kappa shape index (κ2) is 10.4. The zero-order chi connectivity index (χ0) is 29.8. The van der Waals surface area contributed by atoms with Crippen molar-refractivity contribution in [1.82, 2.24) is 19.9 Å². The Morgan fingerprint density at radius 1 is 1.05 bits per heavy atom. The van der Waals surface area contributed by atoms with E-state index in [1.807, 2.05) is 54.5 Å². The van der Waals surface area contributed by atoms with Crippen LogP contribution in [0.25, 0.3) is 22.2 Å². The average molecular weight is 572 g/mol. The molecule has 0 amide bonds. The molecule has 3 aromatic heterocycles. The van der Waals surface area contributed by atoms with Crippen LogP contribution in [0.3, 0.4) is 0 Å². The highest BCUT2D eigenvalue weighted by Gasteiger charge is 2.48. The summed E-state index contributed by atoms with van der Waals surface area (Å²) in [6.45, 7) is 10.4. The number of nitrogens with one attached hydrogen (secondary N) is 1. The van der Waals surface area contributed by atoms with Gasteiger partial charge in [0.2, 0.25) is 0 Å². The number of hydrogen-bond donors (Lipinski definition) is 3. The van der Waals surface area contributed by atoms with Crippen LogP contribution in [0.1, 0.15) is 52.5 Å². The van der Waals surface area contributed by atoms with Gasteiger partial charge < -0.3 is 25.3 Å². The molecule has 2 saturated heterocycles. The predicted molar refractivity (Wildman–Crippen MR) is 164 cm³/mol. The molecule has 0 unspecified atom stereocenters. The van der Waals surface area contributed by atoms with E-state index in [2.05, 4.69) is 29.0 Å². The van der Waals surface area contributed by atoms with Crippen molar-refractivity contribution >= 4 is 33.9 Å². The Balaban J connectivity index is 1.31. The van der Waals surface area contributed by atoms with E-state index in [9.17, 15) is 10.2 Å². The Bertz CT molecular complexity index is 1630. The molecule has 5 heterocycles. The fraction of sp³-hybridized carbons (Fsp3) is 0.438. The van der Waals surface area contributed by atoms with Crippen LogP contribution >= 0.6 is 0 Å². The summed E-state index contributed by atoms with van der Waals surface area (Å²) in [6, 6.07) is 11.5. The number of hydrogen-bond acceptors (Lipinski definition) is 9. The number of piperidine rings is 1. The van der Waals surface area contributed by atoms with Gasteiger partial charge in [0.05, 0.1) is 24.3 Å². The van der Waals surface area contributed by atoms with E-state index in [0.717, 1.165) is 33.4 Å². The van der Waals surface area contributed by atoms with Crippen molar-refractivity contribution in [2.45, 2.75) is 70.4 Å². The molecule has 0 radical (unpaired) electrons. The highest BCUT2D eigenvalue weighted by molar-refractivity contribution is 5.96. The van der Waals surface area contributed by atoms with Crippen LogP contribution in [-0.2, 0) is 0 Å². The van der Waals surface area contributed by atoms with E-state index in [4.69, 9.17) is 15.0 Å². The maximum Gasteiger partial charge on any atom is 0.163 e. The van der Waals surface area contributed by atoms with Crippen molar-refractivity contribution in [1.29, 1.82) is 0 Å². The molecule has 9 nitrogen and oxygen atoms in total. The first-order chi connectivity index (χ1) is 19.9. The maximum atomic E-state index is 15.4. The summed E-state index contributed by atoms with van der Waals surface area (Å²) in [7, 11) is 0. The fourth-order valence-electron chi connectivity index (χ4n) is 5.82. The van der Waals surface area contributed by atoms with Crippen LogP contribution in [0.4, 0.5) is 27.5 Å². The van der Waals surface area contributed by atoms with Crippen LogP contribution in [0.5, 0.6) is 0 Å². The number of alkyl halides is 1. The summed E-state index contributed by atoms with van der Waals surface area (Å²) in [4.78, 5) is 22.9. The number of halogens is 1. The Morgan fingerprint density at radius 3 is 2.55 bits per heavy atom. The van der Waals surface area contributed by atoms with Crippen LogP contribution in [0, 0.1) is 0 Å². The van der Waals surface area contributed by atoms with Crippen molar-refractivity contribution in [2.75, 3.05) is 34.8 Å². The van der Waals surface area contributed by atoms with Crippen molar-refractivity contribution in [3.05, 3.63) is 60.6 Å². The number of aliphatic hydroxyl groups excluding tert-OH is 1. The number of nitrogens with zero attached hydrogens (tertiary/aromatic N) is 6. The van der Waals surface area contributed by atoms with E-state index in [-0.39, 0.29) is 24.6 Å². The van der Waals surface area contributed by atoms with E-state index in [1.54, 1.807) is 19.2 Å². The van der Waals surface area contributed by atoms with Gasteiger partial charge in [-0.25, -0.2) is 24.3 Å². The molecule has 2 aliphatic heterocycles. The molecule has 0 aliphatic carbocycles. The normalized spacial score (nSPS) is 26.0. The summed E-state index contributed by atoms with van der Waals surface area (Å²) in [6.07, 6.45) is 5.41. The molecule has 1 aromatic carbocycles. The van der Waals surface area contributed by atoms with Crippen molar-refractivity contribution in [3.8, 4) is 11.4 Å². The Labute approximate surface area is 245 Å². The second-order valence-corrected chi connectivity index (χ2v) is 12.3. The van der Waals surface area contributed by atoms with Gasteiger partial charge in [-0.15, -0.1) is 0 Å². The van der Waals surface area contributed by atoms with E-state index >= 15 is 4.39 Å². The van der Waals surface area contributed by atoms with Gasteiger partial charge in [0.1, 0.15) is 17.5 Å². The smallest absolute Gasteiger partial charge is 0.163 e. The molecule has 4 aromatic rings. The van der Waals surface area contributed by atoms with Crippen LogP contribution in [0.15, 0.2) is 55.0 Å². The van der Waals surface area contributed by atoms with Gasteiger partial charge in [-0.2, -0.15) is 0 Å². The first-order valence-corrected chi connectivity index (χ1v) is 14.5. The van der Waals surface area contributed by atoms with Gasteiger partial charge in [0.15, 0.2) is 11.5 Å². The third-order valence-electron chi connectivity index (χ3n) is 8.98. The minimum atomic E-state index is -1.76. The zero-order valence-electron chi connectivity index (χ0n) is 24.7. The number of pyridine rings is 2. The number of anilines is 4. The number of fused-ring (bicyclic) bond motifs is 1. The lowest BCUT2D eigenvalue weighted by Gasteiger charge is -2.46. The highest BCUT2D eigenvalue weighted by atomic mass is 19.1. The number of aromatic nitrogens is 4. The van der Waals surface area contributed by atoms with Gasteiger partial charge in [-0.1, -0.05) is 26.0 Å². The highest BCUT2D eigenvalue weighted by Crippen LogP contribution is 2.40. The standard InChI is InChI=1S/C32H38FN7O2/c1-19(2)23-15-36-30(40-17-26(41)20(40)3)24-16-35-28(14-22(23)24)37-27-10-12-34-29(38-27)21-8-6-7-9-25(21)39-13-11-32(5,42)31(4,33)18-39/h6-10,12,14-16,19-20,26,41-42H,11,13,17-18H2,1-5H3,(H,34,35,37,38)/t20-,26+,31+,32-/m1/s1. The van der Waals surface area contributed by atoms with Gasteiger partial charge in [0, 0.05) is 48.3 Å². The number of rotatable bonds is 6. The topological polar surface area (TPSA) is 111 Å². The minimum Gasteiger partial charge on any atom is -0.389 e. The number of benzene rings is 1. The molecule has 0 spiro atoms. The largest absolute Gasteiger partial charge is 0.389 e. The van der Waals surface area contributed by atoms with Gasteiger partial charge in [-0.3, -0.25) is 0 Å². The molecule has 2 fully saturated rings. The first-order valence-electron chi connectivity index (χ1n) is 14.5. The summed E-state index contributed by atoms with van der Waals surface area (Å²) >= 11 is 0. The molecule has 6 rings (SSSR count). The molecule has 42 heavy (non-hydrogen) atoms. The molecule has 0 bridgehead atoms. The summed E-state index contributed by atoms with van der Waals surface area (Å²) in [5, 5.41) is 26.0. The number of β-amino-alcohol motifs (C(OH)–C–C–N with tert-alkyl or cyclic N) is 1. The zero-order valence-corrected chi connectivity index (χ0v) is 24.7. The van der Waals surface area contributed by atoms with Gasteiger partial charge in [-0.05, 0) is 68.3 Å². The lowest BCUT2D eigenvalue weighted by atomic mass is 9.81. The Kier molecular flexibility index (Phi) is 7.01. The summed E-state index contributed by atoms with van der Waals surface area (Å²) in [5.41, 5.74) is -0.418. The lowest BCUT2D eigenvalue weighted by Crippen LogP contribution is -2.59. The van der Waals surface area contributed by atoms with Crippen molar-refractivity contribution in [2.24, 2.45) is 0 Å². The number of para-hydroxylation sites is 1. The fourth-order valence-corrected chi connectivity index (χ4v) is 5.82. The SMILES string of the molecule is CC(C)c1cnc(N2C[C@H](O)[C@H]2C)c2cnc(Nc3ccnc(-c4ccccc4N4CC[C@@](C)(O)[C@@](C)(F)C4)n3)cc12. The van der Waals surface area contributed by atoms with E-state index in [1.165, 1.54) is 6.92 Å². The van der Waals surface area contributed by atoms with Gasteiger partial charge in [0.25, 0.3) is 0 Å². The summed E-state index contributed by atoms with van der Waals surface area (Å²) < 4.78 is 15.4. The lowest BCUT2D eigenvalue weighted by molar-refractivity contribution is -0.0921. The van der Waals surface area contributed by atoms with E-state index < -0.39 is 11.3 Å². The second-order valence-electron chi connectivity index (χ2n) is 12.3. The quantitative estimate of drug-likeness (QED) is 0.287. The molecule has 4 atom stereocenters. The molecule has 220 valence electrons. The number of aliphatic hydroxyl groups is 2. The van der Waals surface area contributed by atoms with Gasteiger partial charge >= 0.3 is 0 Å². The minimum absolute atomic E-state index is 0.00228. The maximum absolute atomic E-state index is 15.4. The third-order valence-corrected chi connectivity index (χ3v) is 8.98. The van der Waals surface area contributed by atoms with Crippen molar-refractivity contribution in [3.63, 3.8) is 0 Å². The molecular weight excluding hydrogens is 533 g/mol. The van der Waals surface area contributed by atoms with E-state index in [0.29, 0.717) is 37.0 Å².